The normalized spacial score (nSPS) is 17.9. The minimum absolute atomic E-state index is 0.000411. The SMILES string of the molecule is Oc1ccc(C2C=C(c3ccccc3)NC(=S)N2)cc1. The van der Waals surface area contributed by atoms with Crippen LogP contribution in [0.2, 0.25) is 0 Å². The van der Waals surface area contributed by atoms with Crippen molar-refractivity contribution in [1.29, 1.82) is 0 Å². The van der Waals surface area contributed by atoms with Crippen molar-refractivity contribution in [3.8, 4) is 5.75 Å². The molecule has 100 valence electrons. The van der Waals surface area contributed by atoms with Crippen molar-refractivity contribution in [2.75, 3.05) is 0 Å². The average Bonchev–Trinajstić information content (AvgIpc) is 2.48. The molecule has 2 aromatic rings. The molecule has 4 heteroatoms. The smallest absolute Gasteiger partial charge is 0.171 e. The van der Waals surface area contributed by atoms with Crippen LogP contribution in [0.15, 0.2) is 60.7 Å². The maximum Gasteiger partial charge on any atom is 0.171 e. The first-order valence-corrected chi connectivity index (χ1v) is 6.77. The zero-order chi connectivity index (χ0) is 13.9. The molecule has 0 spiro atoms. The number of phenols is 1. The second-order valence-electron chi connectivity index (χ2n) is 4.61. The second kappa shape index (κ2) is 5.35. The number of benzene rings is 2. The molecule has 0 bridgehead atoms. The van der Waals surface area contributed by atoms with Gasteiger partial charge >= 0.3 is 0 Å². The van der Waals surface area contributed by atoms with Gasteiger partial charge in [0.1, 0.15) is 5.75 Å². The topological polar surface area (TPSA) is 44.3 Å². The Bertz CT molecular complexity index is 650. The van der Waals surface area contributed by atoms with Gasteiger partial charge in [0.25, 0.3) is 0 Å². The molecule has 0 saturated heterocycles. The van der Waals surface area contributed by atoms with Crippen molar-refractivity contribution in [3.05, 3.63) is 71.8 Å². The zero-order valence-electron chi connectivity index (χ0n) is 10.7. The first-order valence-electron chi connectivity index (χ1n) is 6.36. The number of aromatic hydroxyl groups is 1. The van der Waals surface area contributed by atoms with E-state index < -0.39 is 0 Å². The first kappa shape index (κ1) is 12.7. The van der Waals surface area contributed by atoms with Crippen molar-refractivity contribution in [1.82, 2.24) is 10.6 Å². The van der Waals surface area contributed by atoms with Gasteiger partial charge in [0.05, 0.1) is 6.04 Å². The molecule has 1 unspecified atom stereocenters. The largest absolute Gasteiger partial charge is 0.508 e. The number of thiocarbonyl (C=S) groups is 1. The number of rotatable bonds is 2. The lowest BCUT2D eigenvalue weighted by molar-refractivity contribution is 0.475. The van der Waals surface area contributed by atoms with Crippen LogP contribution in [0.1, 0.15) is 17.2 Å². The highest BCUT2D eigenvalue weighted by Gasteiger charge is 2.18. The van der Waals surface area contributed by atoms with Gasteiger partial charge in [-0.1, -0.05) is 42.5 Å². The fourth-order valence-electron chi connectivity index (χ4n) is 2.20. The summed E-state index contributed by atoms with van der Waals surface area (Å²) in [5.41, 5.74) is 3.15. The van der Waals surface area contributed by atoms with Crippen molar-refractivity contribution >= 4 is 23.0 Å². The van der Waals surface area contributed by atoms with Crippen LogP contribution in [-0.4, -0.2) is 10.2 Å². The van der Waals surface area contributed by atoms with E-state index >= 15 is 0 Å². The van der Waals surface area contributed by atoms with Crippen LogP contribution in [0.4, 0.5) is 0 Å². The third-order valence-corrected chi connectivity index (χ3v) is 3.43. The van der Waals surface area contributed by atoms with Gasteiger partial charge in [0, 0.05) is 5.70 Å². The molecule has 2 aromatic carbocycles. The van der Waals surface area contributed by atoms with Crippen LogP contribution in [0, 0.1) is 0 Å². The lowest BCUT2D eigenvalue weighted by atomic mass is 10.0. The van der Waals surface area contributed by atoms with E-state index in [-0.39, 0.29) is 11.8 Å². The highest BCUT2D eigenvalue weighted by atomic mass is 32.1. The van der Waals surface area contributed by atoms with Crippen LogP contribution in [0.5, 0.6) is 5.75 Å². The number of hydrogen-bond acceptors (Lipinski definition) is 2. The molecule has 0 amide bonds. The summed E-state index contributed by atoms with van der Waals surface area (Å²) in [6, 6.07) is 17.2. The average molecular weight is 282 g/mol. The van der Waals surface area contributed by atoms with Crippen LogP contribution in [0.3, 0.4) is 0 Å². The molecule has 1 aliphatic heterocycles. The van der Waals surface area contributed by atoms with Gasteiger partial charge in [0.15, 0.2) is 5.11 Å². The van der Waals surface area contributed by atoms with E-state index in [0.29, 0.717) is 5.11 Å². The van der Waals surface area contributed by atoms with E-state index in [4.69, 9.17) is 12.2 Å². The molecule has 20 heavy (non-hydrogen) atoms. The van der Waals surface area contributed by atoms with Crippen LogP contribution >= 0.6 is 12.2 Å². The lowest BCUT2D eigenvalue weighted by Crippen LogP contribution is -2.40. The van der Waals surface area contributed by atoms with Crippen LogP contribution < -0.4 is 10.6 Å². The third kappa shape index (κ3) is 2.65. The Balaban J connectivity index is 1.95. The molecule has 1 aliphatic rings. The Morgan fingerprint density at radius 3 is 2.35 bits per heavy atom. The van der Waals surface area contributed by atoms with Gasteiger partial charge in [-0.15, -0.1) is 0 Å². The van der Waals surface area contributed by atoms with Crippen molar-refractivity contribution in [3.63, 3.8) is 0 Å². The van der Waals surface area contributed by atoms with E-state index in [1.807, 2.05) is 42.5 Å². The number of phenolic OH excluding ortho intramolecular Hbond substituents is 1. The summed E-state index contributed by atoms with van der Waals surface area (Å²) >= 11 is 5.27. The molecule has 3 N–H and O–H groups in total. The van der Waals surface area contributed by atoms with Crippen molar-refractivity contribution in [2.45, 2.75) is 6.04 Å². The van der Waals surface area contributed by atoms with Crippen molar-refractivity contribution < 1.29 is 5.11 Å². The van der Waals surface area contributed by atoms with Gasteiger partial charge in [-0.2, -0.15) is 0 Å². The van der Waals surface area contributed by atoms with Gasteiger partial charge in [0.2, 0.25) is 0 Å². The molecule has 1 heterocycles. The Morgan fingerprint density at radius 1 is 0.950 bits per heavy atom. The quantitative estimate of drug-likeness (QED) is 0.741. The predicted octanol–water partition coefficient (Wildman–Crippen LogP) is 2.95. The van der Waals surface area contributed by atoms with Crippen molar-refractivity contribution in [2.24, 2.45) is 0 Å². The fourth-order valence-corrected chi connectivity index (χ4v) is 2.43. The zero-order valence-corrected chi connectivity index (χ0v) is 11.5. The Labute approximate surface area is 123 Å². The summed E-state index contributed by atoms with van der Waals surface area (Å²) in [5.74, 6) is 0.262. The molecular weight excluding hydrogens is 268 g/mol. The van der Waals surface area contributed by atoms with Gasteiger partial charge in [-0.3, -0.25) is 0 Å². The third-order valence-electron chi connectivity index (χ3n) is 3.21. The minimum Gasteiger partial charge on any atom is -0.508 e. The Morgan fingerprint density at radius 2 is 1.65 bits per heavy atom. The minimum atomic E-state index is -0.000411. The van der Waals surface area contributed by atoms with E-state index in [0.717, 1.165) is 16.8 Å². The molecule has 0 fully saturated rings. The monoisotopic (exact) mass is 282 g/mol. The lowest BCUT2D eigenvalue weighted by Gasteiger charge is -2.26. The maximum absolute atomic E-state index is 9.36. The number of hydrogen-bond donors (Lipinski definition) is 3. The van der Waals surface area contributed by atoms with E-state index in [9.17, 15) is 5.11 Å². The standard InChI is InChI=1S/C16H14N2OS/c19-13-8-6-12(7-9-13)15-10-14(17-16(20)18-15)11-4-2-1-3-5-11/h1-10,15,19H,(H2,17,18,20). The predicted molar refractivity (Wildman–Crippen MR) is 84.1 cm³/mol. The summed E-state index contributed by atoms with van der Waals surface area (Å²) in [4.78, 5) is 0. The summed E-state index contributed by atoms with van der Waals surface area (Å²) in [6.45, 7) is 0. The molecule has 1 atom stereocenters. The molecule has 0 aliphatic carbocycles. The summed E-state index contributed by atoms with van der Waals surface area (Å²) in [5, 5.41) is 16.4. The molecular formula is C16H14N2OS. The van der Waals surface area contributed by atoms with Crippen LogP contribution in [-0.2, 0) is 0 Å². The summed E-state index contributed by atoms with van der Waals surface area (Å²) in [6.07, 6.45) is 2.09. The Hall–Kier alpha value is -2.33. The maximum atomic E-state index is 9.36. The highest BCUT2D eigenvalue weighted by molar-refractivity contribution is 7.80. The van der Waals surface area contributed by atoms with E-state index in [1.54, 1.807) is 12.1 Å². The van der Waals surface area contributed by atoms with E-state index in [1.165, 1.54) is 0 Å². The van der Waals surface area contributed by atoms with Gasteiger partial charge < -0.3 is 15.7 Å². The fraction of sp³-hybridized carbons (Fsp3) is 0.0625. The molecule has 0 radical (unpaired) electrons. The molecule has 3 nitrogen and oxygen atoms in total. The molecule has 0 aromatic heterocycles. The highest BCUT2D eigenvalue weighted by Crippen LogP contribution is 2.24. The Kier molecular flexibility index (Phi) is 3.39. The molecule has 3 rings (SSSR count). The second-order valence-corrected chi connectivity index (χ2v) is 5.02. The van der Waals surface area contributed by atoms with Crippen LogP contribution in [0.25, 0.3) is 5.70 Å². The summed E-state index contributed by atoms with van der Waals surface area (Å²) in [7, 11) is 0. The molecule has 0 saturated carbocycles. The number of nitrogens with one attached hydrogen (secondary N) is 2. The summed E-state index contributed by atoms with van der Waals surface area (Å²) < 4.78 is 0. The van der Waals surface area contributed by atoms with Gasteiger partial charge in [-0.25, -0.2) is 0 Å². The first-order chi connectivity index (χ1) is 9.72. The van der Waals surface area contributed by atoms with E-state index in [2.05, 4.69) is 16.7 Å². The van der Waals surface area contributed by atoms with Gasteiger partial charge in [-0.05, 0) is 41.6 Å².